The molecular weight excluding hydrogens is 378 g/mol. The van der Waals surface area contributed by atoms with Gasteiger partial charge in [0.15, 0.2) is 0 Å². The minimum Gasteiger partial charge on any atom is -0.392 e. The van der Waals surface area contributed by atoms with Gasteiger partial charge in [-0.2, -0.15) is 0 Å². The van der Waals surface area contributed by atoms with Gasteiger partial charge in [-0.3, -0.25) is 0 Å². The van der Waals surface area contributed by atoms with Crippen molar-refractivity contribution < 1.29 is 13.5 Å². The van der Waals surface area contributed by atoms with Crippen molar-refractivity contribution >= 4 is 37.6 Å². The van der Waals surface area contributed by atoms with Crippen molar-refractivity contribution in [3.05, 3.63) is 63.1 Å². The maximum atomic E-state index is 12.2. The van der Waals surface area contributed by atoms with E-state index < -0.39 is 10.0 Å². The highest BCUT2D eigenvalue weighted by molar-refractivity contribution is 9.10. The molecule has 0 amide bonds. The predicted molar refractivity (Wildman–Crippen MR) is 85.5 cm³/mol. The number of hydrogen-bond donors (Lipinski definition) is 2. The first-order valence-corrected chi connectivity index (χ1v) is 8.71. The molecule has 21 heavy (non-hydrogen) atoms. The number of benzene rings is 2. The van der Waals surface area contributed by atoms with Crippen LogP contribution in [0.3, 0.4) is 0 Å². The quantitative estimate of drug-likeness (QED) is 0.824. The van der Waals surface area contributed by atoms with E-state index in [9.17, 15) is 8.42 Å². The second-order valence-electron chi connectivity index (χ2n) is 4.38. The van der Waals surface area contributed by atoms with E-state index >= 15 is 0 Å². The third-order valence-electron chi connectivity index (χ3n) is 2.82. The van der Waals surface area contributed by atoms with Gasteiger partial charge in [0.05, 0.1) is 11.6 Å². The Morgan fingerprint density at radius 1 is 1.14 bits per heavy atom. The number of aliphatic hydroxyl groups is 1. The predicted octanol–water partition coefficient (Wildman–Crippen LogP) is 3.07. The summed E-state index contributed by atoms with van der Waals surface area (Å²) in [6, 6.07) is 11.6. The van der Waals surface area contributed by atoms with Gasteiger partial charge in [0.2, 0.25) is 10.0 Å². The second kappa shape index (κ2) is 6.89. The molecule has 0 bridgehead atoms. The highest BCUT2D eigenvalue weighted by atomic mass is 79.9. The van der Waals surface area contributed by atoms with Crippen molar-refractivity contribution in [2.45, 2.75) is 18.0 Å². The molecule has 2 N–H and O–H groups in total. The summed E-state index contributed by atoms with van der Waals surface area (Å²) in [5.74, 6) is 0. The number of halogens is 2. The summed E-state index contributed by atoms with van der Waals surface area (Å²) >= 11 is 9.19. The van der Waals surface area contributed by atoms with Crippen LogP contribution >= 0.6 is 27.5 Å². The van der Waals surface area contributed by atoms with Gasteiger partial charge >= 0.3 is 0 Å². The van der Waals surface area contributed by atoms with E-state index in [1.165, 1.54) is 12.1 Å². The van der Waals surface area contributed by atoms with Crippen molar-refractivity contribution in [2.75, 3.05) is 0 Å². The number of hydrogen-bond acceptors (Lipinski definition) is 3. The van der Waals surface area contributed by atoms with E-state index in [1.54, 1.807) is 30.3 Å². The summed E-state index contributed by atoms with van der Waals surface area (Å²) in [5, 5.41) is 9.22. The van der Waals surface area contributed by atoms with E-state index in [-0.39, 0.29) is 23.1 Å². The lowest BCUT2D eigenvalue weighted by molar-refractivity contribution is 0.281. The van der Waals surface area contributed by atoms with Crippen LogP contribution in [-0.2, 0) is 23.2 Å². The zero-order chi connectivity index (χ0) is 15.5. The molecule has 0 aromatic heterocycles. The zero-order valence-electron chi connectivity index (χ0n) is 10.9. The Labute approximate surface area is 136 Å². The lowest BCUT2D eigenvalue weighted by atomic mass is 10.1. The molecule has 0 aliphatic heterocycles. The first kappa shape index (κ1) is 16.5. The normalized spacial score (nSPS) is 11.6. The molecule has 0 saturated heterocycles. The smallest absolute Gasteiger partial charge is 0.242 e. The summed E-state index contributed by atoms with van der Waals surface area (Å²) in [7, 11) is -3.69. The van der Waals surface area contributed by atoms with Crippen LogP contribution < -0.4 is 4.72 Å². The highest BCUT2D eigenvalue weighted by Crippen LogP contribution is 2.25. The topological polar surface area (TPSA) is 66.4 Å². The Balaban J connectivity index is 2.17. The van der Waals surface area contributed by atoms with Crippen LogP contribution in [0.2, 0.25) is 5.02 Å². The molecule has 4 nitrogen and oxygen atoms in total. The highest BCUT2D eigenvalue weighted by Gasteiger charge is 2.17. The van der Waals surface area contributed by atoms with Gasteiger partial charge in [-0.25, -0.2) is 13.1 Å². The van der Waals surface area contributed by atoms with E-state index in [0.717, 1.165) is 11.1 Å². The molecule has 2 rings (SSSR count). The Bertz CT molecular complexity index is 750. The van der Waals surface area contributed by atoms with Crippen LogP contribution in [0, 0.1) is 0 Å². The average Bonchev–Trinajstić information content (AvgIpc) is 2.45. The molecule has 0 heterocycles. The molecule has 0 saturated carbocycles. The van der Waals surface area contributed by atoms with Crippen LogP contribution in [0.1, 0.15) is 11.1 Å². The number of aliphatic hydroxyl groups excluding tert-OH is 1. The first-order valence-electron chi connectivity index (χ1n) is 6.06. The third-order valence-corrected chi connectivity index (χ3v) is 5.20. The third kappa shape index (κ3) is 4.28. The molecule has 0 unspecified atom stereocenters. The minimum atomic E-state index is -3.69. The van der Waals surface area contributed by atoms with E-state index in [1.807, 2.05) is 0 Å². The zero-order valence-corrected chi connectivity index (χ0v) is 14.0. The number of nitrogens with one attached hydrogen (secondary N) is 1. The molecule has 0 aliphatic carbocycles. The average molecular weight is 391 g/mol. The van der Waals surface area contributed by atoms with Crippen LogP contribution in [0.25, 0.3) is 0 Å². The van der Waals surface area contributed by atoms with Crippen molar-refractivity contribution in [1.29, 1.82) is 0 Å². The summed E-state index contributed by atoms with van der Waals surface area (Å²) in [6.07, 6.45) is 0. The first-order chi connectivity index (χ1) is 9.92. The van der Waals surface area contributed by atoms with Gasteiger partial charge in [0.25, 0.3) is 0 Å². The van der Waals surface area contributed by atoms with E-state index in [2.05, 4.69) is 20.7 Å². The van der Waals surface area contributed by atoms with E-state index in [4.69, 9.17) is 16.7 Å². The molecule has 0 atom stereocenters. The Kier molecular flexibility index (Phi) is 5.40. The fraction of sp³-hybridized carbons (Fsp3) is 0.143. The fourth-order valence-electron chi connectivity index (χ4n) is 1.79. The van der Waals surface area contributed by atoms with Gasteiger partial charge in [-0.15, -0.1) is 0 Å². The van der Waals surface area contributed by atoms with Crippen molar-refractivity contribution in [3.8, 4) is 0 Å². The lowest BCUT2D eigenvalue weighted by Gasteiger charge is -2.09. The van der Waals surface area contributed by atoms with Gasteiger partial charge in [-0.1, -0.05) is 51.8 Å². The van der Waals surface area contributed by atoms with Crippen molar-refractivity contribution in [1.82, 2.24) is 4.72 Å². The van der Waals surface area contributed by atoms with Crippen LogP contribution in [0.15, 0.2) is 51.8 Å². The fourth-order valence-corrected chi connectivity index (χ4v) is 3.84. The molecule has 7 heteroatoms. The summed E-state index contributed by atoms with van der Waals surface area (Å²) in [6.45, 7) is 0.0433. The lowest BCUT2D eigenvalue weighted by Crippen LogP contribution is -2.23. The minimum absolute atomic E-state index is 0.0330. The standard InChI is InChI=1S/C14H13BrClNO3S/c15-12-4-5-14(13(16)7-12)21(19,20)17-8-10-2-1-3-11(6-10)9-18/h1-7,17-18H,8-9H2. The molecule has 0 aliphatic rings. The van der Waals surface area contributed by atoms with Crippen molar-refractivity contribution in [2.24, 2.45) is 0 Å². The molecule has 112 valence electrons. The van der Waals surface area contributed by atoms with Crippen LogP contribution in [-0.4, -0.2) is 13.5 Å². The largest absolute Gasteiger partial charge is 0.392 e. The molecule has 0 spiro atoms. The molecule has 0 fully saturated rings. The SMILES string of the molecule is O=S(=O)(NCc1cccc(CO)c1)c1ccc(Br)cc1Cl. The summed E-state index contributed by atoms with van der Waals surface area (Å²) in [4.78, 5) is 0.0330. The maximum absolute atomic E-state index is 12.2. The Hall–Kier alpha value is -0.920. The van der Waals surface area contributed by atoms with Gasteiger partial charge in [0.1, 0.15) is 4.90 Å². The van der Waals surface area contributed by atoms with Crippen molar-refractivity contribution in [3.63, 3.8) is 0 Å². The van der Waals surface area contributed by atoms with Gasteiger partial charge in [-0.05, 0) is 29.3 Å². The Morgan fingerprint density at radius 3 is 2.52 bits per heavy atom. The summed E-state index contributed by atoms with van der Waals surface area (Å²) in [5.41, 5.74) is 1.49. The molecular formula is C14H13BrClNO3S. The monoisotopic (exact) mass is 389 g/mol. The van der Waals surface area contributed by atoms with E-state index in [0.29, 0.717) is 4.47 Å². The molecule has 2 aromatic carbocycles. The Morgan fingerprint density at radius 2 is 1.86 bits per heavy atom. The maximum Gasteiger partial charge on any atom is 0.242 e. The molecule has 0 radical (unpaired) electrons. The van der Waals surface area contributed by atoms with Gasteiger partial charge < -0.3 is 5.11 Å². The number of sulfonamides is 1. The molecule has 2 aromatic rings. The van der Waals surface area contributed by atoms with Crippen LogP contribution in [0.4, 0.5) is 0 Å². The second-order valence-corrected chi connectivity index (χ2v) is 7.44. The number of rotatable bonds is 5. The summed E-state index contributed by atoms with van der Waals surface area (Å²) < 4.78 is 27.7. The van der Waals surface area contributed by atoms with Gasteiger partial charge in [0, 0.05) is 11.0 Å². The van der Waals surface area contributed by atoms with Crippen LogP contribution in [0.5, 0.6) is 0 Å².